The molecule has 0 spiro atoms. The highest BCUT2D eigenvalue weighted by molar-refractivity contribution is 7.89. The highest BCUT2D eigenvalue weighted by Crippen LogP contribution is 2.24. The lowest BCUT2D eigenvalue weighted by molar-refractivity contribution is -0.119. The van der Waals surface area contributed by atoms with Crippen molar-refractivity contribution < 1.29 is 22.7 Å². The maximum Gasteiger partial charge on any atom is 0.340 e. The molecule has 2 aromatic carbocycles. The van der Waals surface area contributed by atoms with E-state index in [0.717, 1.165) is 6.07 Å². The summed E-state index contributed by atoms with van der Waals surface area (Å²) in [7, 11) is -3.78. The normalized spacial score (nSPS) is 11.3. The summed E-state index contributed by atoms with van der Waals surface area (Å²) in [6, 6.07) is 10.4. The number of rotatable bonds is 8. The SMILES string of the molecule is CCN(CC)S(=O)(=O)c1ccc(Cl)c(C(=O)OCC(=O)Nc2ccccc2Cl)c1. The van der Waals surface area contributed by atoms with Gasteiger partial charge in [-0.3, -0.25) is 4.79 Å². The van der Waals surface area contributed by atoms with E-state index in [-0.39, 0.29) is 28.6 Å². The Hall–Kier alpha value is -2.13. The van der Waals surface area contributed by atoms with E-state index in [1.807, 2.05) is 0 Å². The van der Waals surface area contributed by atoms with E-state index in [9.17, 15) is 18.0 Å². The Morgan fingerprint density at radius 2 is 1.69 bits per heavy atom. The van der Waals surface area contributed by atoms with Gasteiger partial charge in [0.25, 0.3) is 5.91 Å². The molecule has 0 aromatic heterocycles. The Morgan fingerprint density at radius 3 is 2.31 bits per heavy atom. The molecule has 7 nitrogen and oxygen atoms in total. The zero-order valence-corrected chi connectivity index (χ0v) is 18.1. The molecular formula is C19H20Cl2N2O5S. The fourth-order valence-corrected chi connectivity index (χ4v) is 4.35. The van der Waals surface area contributed by atoms with Gasteiger partial charge >= 0.3 is 5.97 Å². The van der Waals surface area contributed by atoms with E-state index in [1.54, 1.807) is 38.1 Å². The first-order chi connectivity index (χ1) is 13.7. The average Bonchev–Trinajstić information content (AvgIpc) is 2.69. The molecule has 0 heterocycles. The summed E-state index contributed by atoms with van der Waals surface area (Å²) in [5.74, 6) is -1.52. The van der Waals surface area contributed by atoms with Crippen LogP contribution in [-0.2, 0) is 19.6 Å². The van der Waals surface area contributed by atoms with E-state index < -0.39 is 28.5 Å². The minimum absolute atomic E-state index is 0.0139. The Kier molecular flexibility index (Phi) is 8.04. The topological polar surface area (TPSA) is 92.8 Å². The summed E-state index contributed by atoms with van der Waals surface area (Å²) in [6.45, 7) is 3.40. The first-order valence-corrected chi connectivity index (χ1v) is 10.9. The molecule has 10 heteroatoms. The fourth-order valence-electron chi connectivity index (χ4n) is 2.49. The summed E-state index contributed by atoms with van der Waals surface area (Å²) in [4.78, 5) is 24.3. The first kappa shape index (κ1) is 23.2. The van der Waals surface area contributed by atoms with E-state index in [1.165, 1.54) is 16.4 Å². The molecular weight excluding hydrogens is 439 g/mol. The first-order valence-electron chi connectivity index (χ1n) is 8.71. The molecule has 0 aliphatic carbocycles. The van der Waals surface area contributed by atoms with Crippen LogP contribution < -0.4 is 5.32 Å². The largest absolute Gasteiger partial charge is 0.452 e. The number of halogens is 2. The highest BCUT2D eigenvalue weighted by Gasteiger charge is 2.24. The Balaban J connectivity index is 2.13. The van der Waals surface area contributed by atoms with Gasteiger partial charge in [0.2, 0.25) is 10.0 Å². The molecule has 2 aromatic rings. The molecule has 0 fully saturated rings. The average molecular weight is 459 g/mol. The van der Waals surface area contributed by atoms with Crippen LogP contribution in [0.2, 0.25) is 10.0 Å². The molecule has 0 saturated carbocycles. The van der Waals surface area contributed by atoms with Crippen LogP contribution in [0.1, 0.15) is 24.2 Å². The number of hydrogen-bond acceptors (Lipinski definition) is 5. The third-order valence-electron chi connectivity index (χ3n) is 3.98. The molecule has 0 aliphatic rings. The van der Waals surface area contributed by atoms with E-state index >= 15 is 0 Å². The number of esters is 1. The number of sulfonamides is 1. The minimum Gasteiger partial charge on any atom is -0.452 e. The Morgan fingerprint density at radius 1 is 1.03 bits per heavy atom. The molecule has 0 saturated heterocycles. The molecule has 29 heavy (non-hydrogen) atoms. The number of benzene rings is 2. The number of anilines is 1. The zero-order chi connectivity index (χ0) is 21.6. The molecule has 0 aliphatic heterocycles. The summed E-state index contributed by atoms with van der Waals surface area (Å²) in [6.07, 6.45) is 0. The van der Waals surface area contributed by atoms with Gasteiger partial charge in [0, 0.05) is 13.1 Å². The number of carbonyl (C=O) groups excluding carboxylic acids is 2. The molecule has 1 amide bonds. The van der Waals surface area contributed by atoms with Crippen molar-refractivity contribution in [3.05, 3.63) is 58.1 Å². The fraction of sp³-hybridized carbons (Fsp3) is 0.263. The maximum atomic E-state index is 12.6. The van der Waals surface area contributed by atoms with Crippen molar-refractivity contribution in [3.63, 3.8) is 0 Å². The second-order valence-electron chi connectivity index (χ2n) is 5.84. The predicted molar refractivity (Wildman–Crippen MR) is 112 cm³/mol. The monoisotopic (exact) mass is 458 g/mol. The van der Waals surface area contributed by atoms with Crippen molar-refractivity contribution in [2.24, 2.45) is 0 Å². The third-order valence-corrected chi connectivity index (χ3v) is 6.69. The van der Waals surface area contributed by atoms with E-state index in [4.69, 9.17) is 27.9 Å². The number of amides is 1. The van der Waals surface area contributed by atoms with Gasteiger partial charge in [-0.1, -0.05) is 49.2 Å². The van der Waals surface area contributed by atoms with Crippen molar-refractivity contribution in [1.29, 1.82) is 0 Å². The highest BCUT2D eigenvalue weighted by atomic mass is 35.5. The number of ether oxygens (including phenoxy) is 1. The van der Waals surface area contributed by atoms with Gasteiger partial charge in [0.15, 0.2) is 6.61 Å². The van der Waals surface area contributed by atoms with Crippen LogP contribution in [0.5, 0.6) is 0 Å². The van der Waals surface area contributed by atoms with Gasteiger partial charge in [0.1, 0.15) is 0 Å². The zero-order valence-electron chi connectivity index (χ0n) is 15.8. The van der Waals surface area contributed by atoms with Gasteiger partial charge in [-0.2, -0.15) is 4.31 Å². The third kappa shape index (κ3) is 5.70. The number of carbonyl (C=O) groups is 2. The molecule has 156 valence electrons. The van der Waals surface area contributed by atoms with Crippen LogP contribution in [0.15, 0.2) is 47.4 Å². The lowest BCUT2D eigenvalue weighted by atomic mass is 10.2. The smallest absolute Gasteiger partial charge is 0.340 e. The number of hydrogen-bond donors (Lipinski definition) is 1. The van der Waals surface area contributed by atoms with Crippen LogP contribution >= 0.6 is 23.2 Å². The lowest BCUT2D eigenvalue weighted by Gasteiger charge is -2.19. The van der Waals surface area contributed by atoms with Crippen molar-refractivity contribution in [1.82, 2.24) is 4.31 Å². The quantitative estimate of drug-likeness (QED) is 0.606. The standard InChI is InChI=1S/C19H20Cl2N2O5S/c1-3-23(4-2)29(26,27)13-9-10-15(20)14(11-13)19(25)28-12-18(24)22-17-8-6-5-7-16(17)21/h5-11H,3-4,12H2,1-2H3,(H,22,24). The van der Waals surface area contributed by atoms with Crippen molar-refractivity contribution in [2.45, 2.75) is 18.7 Å². The van der Waals surface area contributed by atoms with E-state index in [2.05, 4.69) is 5.32 Å². The van der Waals surface area contributed by atoms with Crippen LogP contribution in [0.3, 0.4) is 0 Å². The van der Waals surface area contributed by atoms with Crippen LogP contribution in [0.25, 0.3) is 0 Å². The molecule has 2 rings (SSSR count). The Bertz CT molecular complexity index is 1010. The Labute approximate surface area is 179 Å². The minimum atomic E-state index is -3.78. The van der Waals surface area contributed by atoms with Gasteiger partial charge in [-0.25, -0.2) is 13.2 Å². The molecule has 0 unspecified atom stereocenters. The lowest BCUT2D eigenvalue weighted by Crippen LogP contribution is -2.30. The predicted octanol–water partition coefficient (Wildman–Crippen LogP) is 3.82. The molecule has 0 atom stereocenters. The second kappa shape index (κ2) is 10.1. The van der Waals surface area contributed by atoms with Crippen molar-refractivity contribution in [2.75, 3.05) is 25.0 Å². The van der Waals surface area contributed by atoms with Gasteiger partial charge in [-0.05, 0) is 30.3 Å². The van der Waals surface area contributed by atoms with Crippen LogP contribution in [0.4, 0.5) is 5.69 Å². The van der Waals surface area contributed by atoms with Gasteiger partial charge < -0.3 is 10.1 Å². The molecule has 0 radical (unpaired) electrons. The van der Waals surface area contributed by atoms with E-state index in [0.29, 0.717) is 10.7 Å². The summed E-state index contributed by atoms with van der Waals surface area (Å²) >= 11 is 12.0. The molecule has 1 N–H and O–H groups in total. The number of para-hydroxylation sites is 1. The number of nitrogens with zero attached hydrogens (tertiary/aromatic N) is 1. The summed E-state index contributed by atoms with van der Waals surface area (Å²) in [5, 5.41) is 2.87. The summed E-state index contributed by atoms with van der Waals surface area (Å²) in [5.41, 5.74) is 0.228. The van der Waals surface area contributed by atoms with Crippen molar-refractivity contribution >= 4 is 50.8 Å². The second-order valence-corrected chi connectivity index (χ2v) is 8.59. The van der Waals surface area contributed by atoms with Gasteiger partial charge in [-0.15, -0.1) is 0 Å². The van der Waals surface area contributed by atoms with Crippen molar-refractivity contribution in [3.8, 4) is 0 Å². The summed E-state index contributed by atoms with van der Waals surface area (Å²) < 4.78 is 31.5. The number of nitrogens with one attached hydrogen (secondary N) is 1. The maximum absolute atomic E-state index is 12.6. The van der Waals surface area contributed by atoms with Crippen LogP contribution in [-0.4, -0.2) is 44.3 Å². The van der Waals surface area contributed by atoms with Crippen LogP contribution in [0, 0.1) is 0 Å². The van der Waals surface area contributed by atoms with Gasteiger partial charge in [0.05, 0.1) is 26.2 Å². The molecule has 0 bridgehead atoms.